The van der Waals surface area contributed by atoms with Crippen molar-refractivity contribution in [2.75, 3.05) is 13.7 Å². The van der Waals surface area contributed by atoms with Crippen LogP contribution in [-0.4, -0.2) is 25.2 Å². The highest BCUT2D eigenvalue weighted by molar-refractivity contribution is 5.83. The Labute approximate surface area is 102 Å². The second kappa shape index (κ2) is 4.88. The summed E-state index contributed by atoms with van der Waals surface area (Å²) in [7, 11) is 1.83. The van der Waals surface area contributed by atoms with Gasteiger partial charge in [0, 0.05) is 12.8 Å². The van der Waals surface area contributed by atoms with Gasteiger partial charge in [-0.05, 0) is 24.6 Å². The van der Waals surface area contributed by atoms with Gasteiger partial charge in [-0.15, -0.1) is 0 Å². The molecule has 0 saturated heterocycles. The molecule has 0 aromatic heterocycles. The van der Waals surface area contributed by atoms with E-state index < -0.39 is 5.54 Å². The molecule has 1 N–H and O–H groups in total. The summed E-state index contributed by atoms with van der Waals surface area (Å²) in [6.07, 6.45) is 2.31. The van der Waals surface area contributed by atoms with Gasteiger partial charge in [0.1, 0.15) is 5.54 Å². The lowest BCUT2D eigenvalue weighted by Gasteiger charge is -2.26. The SMILES string of the molecule is CCCOC(=O)C1(NC)Cc2ccccc2C1. The Morgan fingerprint density at radius 2 is 1.94 bits per heavy atom. The fourth-order valence-corrected chi connectivity index (χ4v) is 2.37. The Balaban J connectivity index is 2.17. The fraction of sp³-hybridized carbons (Fsp3) is 0.500. The number of carbonyl (C=O) groups excluding carboxylic acids is 1. The predicted molar refractivity (Wildman–Crippen MR) is 66.9 cm³/mol. The van der Waals surface area contributed by atoms with E-state index in [-0.39, 0.29) is 5.97 Å². The van der Waals surface area contributed by atoms with Crippen LogP contribution in [0.1, 0.15) is 24.5 Å². The second-order valence-electron chi connectivity index (χ2n) is 4.59. The summed E-state index contributed by atoms with van der Waals surface area (Å²) < 4.78 is 5.30. The Morgan fingerprint density at radius 3 is 2.41 bits per heavy atom. The molecular formula is C14H19NO2. The number of hydrogen-bond acceptors (Lipinski definition) is 3. The largest absolute Gasteiger partial charge is 0.464 e. The summed E-state index contributed by atoms with van der Waals surface area (Å²) in [6.45, 7) is 2.50. The van der Waals surface area contributed by atoms with Gasteiger partial charge in [-0.1, -0.05) is 31.2 Å². The van der Waals surface area contributed by atoms with Gasteiger partial charge in [-0.25, -0.2) is 0 Å². The number of fused-ring (bicyclic) bond motifs is 1. The van der Waals surface area contributed by atoms with Gasteiger partial charge in [0.2, 0.25) is 0 Å². The van der Waals surface area contributed by atoms with Gasteiger partial charge in [0.05, 0.1) is 6.61 Å². The molecule has 0 spiro atoms. The highest BCUT2D eigenvalue weighted by atomic mass is 16.5. The number of rotatable bonds is 4. The summed E-state index contributed by atoms with van der Waals surface area (Å²) in [4.78, 5) is 12.1. The first-order chi connectivity index (χ1) is 8.22. The zero-order chi connectivity index (χ0) is 12.3. The van der Waals surface area contributed by atoms with Crippen LogP contribution in [0.3, 0.4) is 0 Å². The molecule has 1 aliphatic carbocycles. The third-order valence-corrected chi connectivity index (χ3v) is 3.41. The maximum absolute atomic E-state index is 12.1. The molecule has 0 aliphatic heterocycles. The summed E-state index contributed by atoms with van der Waals surface area (Å²) in [6, 6.07) is 8.20. The van der Waals surface area contributed by atoms with Crippen molar-refractivity contribution in [1.29, 1.82) is 0 Å². The van der Waals surface area contributed by atoms with Crippen LogP contribution in [0.4, 0.5) is 0 Å². The minimum absolute atomic E-state index is 0.127. The van der Waals surface area contributed by atoms with E-state index in [1.54, 1.807) is 0 Å². The number of benzene rings is 1. The van der Waals surface area contributed by atoms with Crippen molar-refractivity contribution < 1.29 is 9.53 Å². The van der Waals surface area contributed by atoms with Crippen LogP contribution < -0.4 is 5.32 Å². The molecule has 1 aromatic rings. The lowest BCUT2D eigenvalue weighted by molar-refractivity contribution is -0.151. The summed E-state index contributed by atoms with van der Waals surface area (Å²) in [5.41, 5.74) is 1.93. The topological polar surface area (TPSA) is 38.3 Å². The quantitative estimate of drug-likeness (QED) is 0.804. The van der Waals surface area contributed by atoms with Crippen LogP contribution in [0.15, 0.2) is 24.3 Å². The first kappa shape index (κ1) is 12.1. The second-order valence-corrected chi connectivity index (χ2v) is 4.59. The van der Waals surface area contributed by atoms with Gasteiger partial charge in [0.25, 0.3) is 0 Å². The van der Waals surface area contributed by atoms with Crippen LogP contribution in [0.5, 0.6) is 0 Å². The van der Waals surface area contributed by atoms with Crippen molar-refractivity contribution >= 4 is 5.97 Å². The molecule has 0 atom stereocenters. The number of nitrogens with one attached hydrogen (secondary N) is 1. The van der Waals surface area contributed by atoms with Crippen LogP contribution in [-0.2, 0) is 22.4 Å². The summed E-state index contributed by atoms with van der Waals surface area (Å²) in [5, 5.41) is 3.16. The molecule has 0 bridgehead atoms. The van der Waals surface area contributed by atoms with Crippen molar-refractivity contribution in [2.24, 2.45) is 0 Å². The average Bonchev–Trinajstić information content (AvgIpc) is 2.75. The van der Waals surface area contributed by atoms with Crippen molar-refractivity contribution in [3.63, 3.8) is 0 Å². The van der Waals surface area contributed by atoms with E-state index in [9.17, 15) is 4.79 Å². The number of ether oxygens (including phenoxy) is 1. The molecule has 0 fully saturated rings. The molecule has 17 heavy (non-hydrogen) atoms. The van der Waals surface area contributed by atoms with Crippen LogP contribution in [0, 0.1) is 0 Å². The average molecular weight is 233 g/mol. The van der Waals surface area contributed by atoms with Gasteiger partial charge < -0.3 is 10.1 Å². The first-order valence-electron chi connectivity index (χ1n) is 6.15. The van der Waals surface area contributed by atoms with E-state index in [0.717, 1.165) is 19.3 Å². The number of hydrogen-bond donors (Lipinski definition) is 1. The third kappa shape index (κ3) is 2.20. The highest BCUT2D eigenvalue weighted by Crippen LogP contribution is 2.30. The molecule has 0 unspecified atom stereocenters. The minimum atomic E-state index is -0.557. The molecule has 1 aromatic carbocycles. The highest BCUT2D eigenvalue weighted by Gasteiger charge is 2.43. The van der Waals surface area contributed by atoms with Crippen LogP contribution in [0.25, 0.3) is 0 Å². The molecule has 3 heteroatoms. The lowest BCUT2D eigenvalue weighted by atomic mass is 9.96. The maximum atomic E-state index is 12.1. The standard InChI is InChI=1S/C14H19NO2/c1-3-8-17-13(16)14(15-2)9-11-6-4-5-7-12(11)10-14/h4-7,15H,3,8-10H2,1-2H3. The van der Waals surface area contributed by atoms with E-state index >= 15 is 0 Å². The zero-order valence-corrected chi connectivity index (χ0v) is 10.5. The predicted octanol–water partition coefficient (Wildman–Crippen LogP) is 1.70. The fourth-order valence-electron chi connectivity index (χ4n) is 2.37. The number of likely N-dealkylation sites (N-methyl/N-ethyl adjacent to an activating group) is 1. The molecule has 0 radical (unpaired) electrons. The van der Waals surface area contributed by atoms with Crippen molar-refractivity contribution in [3.8, 4) is 0 Å². The molecule has 0 heterocycles. The molecular weight excluding hydrogens is 214 g/mol. The Hall–Kier alpha value is -1.35. The zero-order valence-electron chi connectivity index (χ0n) is 10.5. The van der Waals surface area contributed by atoms with Crippen LogP contribution in [0.2, 0.25) is 0 Å². The number of carbonyl (C=O) groups is 1. The minimum Gasteiger partial charge on any atom is -0.464 e. The number of esters is 1. The normalized spacial score (nSPS) is 16.6. The smallest absolute Gasteiger partial charge is 0.327 e. The Kier molecular flexibility index (Phi) is 3.48. The van der Waals surface area contributed by atoms with Gasteiger partial charge in [-0.3, -0.25) is 4.79 Å². The van der Waals surface area contributed by atoms with E-state index in [1.807, 2.05) is 26.1 Å². The molecule has 1 aliphatic rings. The van der Waals surface area contributed by atoms with Gasteiger partial charge in [-0.2, -0.15) is 0 Å². The third-order valence-electron chi connectivity index (χ3n) is 3.41. The van der Waals surface area contributed by atoms with E-state index in [0.29, 0.717) is 6.61 Å². The lowest BCUT2D eigenvalue weighted by Crippen LogP contribution is -2.52. The Morgan fingerprint density at radius 1 is 1.35 bits per heavy atom. The van der Waals surface area contributed by atoms with Gasteiger partial charge >= 0.3 is 5.97 Å². The maximum Gasteiger partial charge on any atom is 0.327 e. The Bertz CT molecular complexity index is 389. The molecule has 2 rings (SSSR count). The summed E-state index contributed by atoms with van der Waals surface area (Å²) in [5.74, 6) is -0.127. The van der Waals surface area contributed by atoms with E-state index in [1.165, 1.54) is 11.1 Å². The van der Waals surface area contributed by atoms with E-state index in [4.69, 9.17) is 4.74 Å². The van der Waals surface area contributed by atoms with Crippen molar-refractivity contribution in [3.05, 3.63) is 35.4 Å². The first-order valence-corrected chi connectivity index (χ1v) is 6.15. The van der Waals surface area contributed by atoms with Crippen LogP contribution >= 0.6 is 0 Å². The van der Waals surface area contributed by atoms with E-state index in [2.05, 4.69) is 17.4 Å². The molecule has 0 amide bonds. The van der Waals surface area contributed by atoms with Crippen molar-refractivity contribution in [1.82, 2.24) is 5.32 Å². The summed E-state index contributed by atoms with van der Waals surface area (Å²) >= 11 is 0. The molecule has 3 nitrogen and oxygen atoms in total. The van der Waals surface area contributed by atoms with Crippen molar-refractivity contribution in [2.45, 2.75) is 31.7 Å². The monoisotopic (exact) mass is 233 g/mol. The van der Waals surface area contributed by atoms with Gasteiger partial charge in [0.15, 0.2) is 0 Å². The molecule has 92 valence electrons. The molecule has 0 saturated carbocycles.